The van der Waals surface area contributed by atoms with E-state index >= 15 is 0 Å². The molecule has 0 spiro atoms. The van der Waals surface area contributed by atoms with E-state index < -0.39 is 0 Å². The molecule has 3 nitrogen and oxygen atoms in total. The van der Waals surface area contributed by atoms with E-state index in [0.717, 1.165) is 25.1 Å². The highest BCUT2D eigenvalue weighted by Gasteiger charge is 2.02. The minimum absolute atomic E-state index is 0.505. The molecule has 0 bridgehead atoms. The normalized spacial score (nSPS) is 11.9. The molecule has 0 fully saturated rings. The number of rotatable bonds is 5. The van der Waals surface area contributed by atoms with Crippen LogP contribution in [0.25, 0.3) is 0 Å². The summed E-state index contributed by atoms with van der Waals surface area (Å²) in [6, 6.07) is 6.21. The molecule has 0 atom stereocenters. The van der Waals surface area contributed by atoms with Crippen molar-refractivity contribution in [3.8, 4) is 0 Å². The van der Waals surface area contributed by atoms with Crippen LogP contribution in [0.2, 0.25) is 0 Å². The molecule has 100 valence electrons. The van der Waals surface area contributed by atoms with Gasteiger partial charge in [0.15, 0.2) is 5.96 Å². The van der Waals surface area contributed by atoms with Gasteiger partial charge in [0, 0.05) is 12.2 Å². The van der Waals surface area contributed by atoms with E-state index in [-0.39, 0.29) is 0 Å². The summed E-state index contributed by atoms with van der Waals surface area (Å²) in [6.07, 6.45) is 2.30. The average molecular weight is 247 g/mol. The summed E-state index contributed by atoms with van der Waals surface area (Å²) in [7, 11) is 0. The van der Waals surface area contributed by atoms with Gasteiger partial charge in [-0.3, -0.25) is 4.99 Å². The lowest BCUT2D eigenvalue weighted by Gasteiger charge is -2.11. The molecule has 0 aliphatic heterocycles. The number of nitrogens with zero attached hydrogens (tertiary/aromatic N) is 1. The van der Waals surface area contributed by atoms with Crippen LogP contribution in [0.3, 0.4) is 0 Å². The number of hydrogen-bond acceptors (Lipinski definition) is 1. The van der Waals surface area contributed by atoms with Crippen LogP contribution in [0.15, 0.2) is 23.2 Å². The van der Waals surface area contributed by atoms with Gasteiger partial charge in [0.1, 0.15) is 0 Å². The first-order valence-electron chi connectivity index (χ1n) is 6.71. The molecule has 0 saturated carbocycles. The molecule has 1 rings (SSSR count). The third-order valence-electron chi connectivity index (χ3n) is 3.45. The fourth-order valence-electron chi connectivity index (χ4n) is 1.78. The van der Waals surface area contributed by atoms with Crippen molar-refractivity contribution in [3.05, 3.63) is 29.3 Å². The molecule has 0 aromatic heterocycles. The number of nitrogens with two attached hydrogens (primary N) is 1. The Hall–Kier alpha value is -1.51. The number of anilines is 1. The van der Waals surface area contributed by atoms with E-state index in [4.69, 9.17) is 5.73 Å². The Balaban J connectivity index is 2.60. The molecule has 3 N–H and O–H groups in total. The second-order valence-electron chi connectivity index (χ2n) is 4.83. The summed E-state index contributed by atoms with van der Waals surface area (Å²) >= 11 is 0. The van der Waals surface area contributed by atoms with Gasteiger partial charge in [0.25, 0.3) is 0 Å². The molecule has 18 heavy (non-hydrogen) atoms. The van der Waals surface area contributed by atoms with E-state index in [1.807, 2.05) is 6.07 Å². The maximum absolute atomic E-state index is 5.89. The van der Waals surface area contributed by atoms with Crippen LogP contribution in [0, 0.1) is 19.8 Å². The first-order chi connectivity index (χ1) is 8.56. The van der Waals surface area contributed by atoms with Gasteiger partial charge in [-0.05, 0) is 43.0 Å². The van der Waals surface area contributed by atoms with Gasteiger partial charge >= 0.3 is 0 Å². The summed E-state index contributed by atoms with van der Waals surface area (Å²) in [5.41, 5.74) is 9.44. The molecule has 0 amide bonds. The highest BCUT2D eigenvalue weighted by atomic mass is 15.1. The molecule has 0 radical (unpaired) electrons. The summed E-state index contributed by atoms with van der Waals surface area (Å²) in [6.45, 7) is 9.38. The topological polar surface area (TPSA) is 50.4 Å². The zero-order valence-electron chi connectivity index (χ0n) is 12.0. The average Bonchev–Trinajstić information content (AvgIpc) is 2.35. The Morgan fingerprint density at radius 1 is 1.22 bits per heavy atom. The first-order valence-corrected chi connectivity index (χ1v) is 6.71. The maximum atomic E-state index is 5.89. The van der Waals surface area contributed by atoms with Crippen molar-refractivity contribution in [1.29, 1.82) is 0 Å². The molecule has 0 unspecified atom stereocenters. The number of guanidine groups is 1. The van der Waals surface area contributed by atoms with Crippen LogP contribution < -0.4 is 11.1 Å². The van der Waals surface area contributed by atoms with Crippen molar-refractivity contribution < 1.29 is 0 Å². The van der Waals surface area contributed by atoms with Crippen LogP contribution in [-0.2, 0) is 0 Å². The molecule has 1 aromatic rings. The Bertz CT molecular complexity index is 406. The third kappa shape index (κ3) is 4.40. The largest absolute Gasteiger partial charge is 0.370 e. The van der Waals surface area contributed by atoms with Gasteiger partial charge in [0.2, 0.25) is 0 Å². The first kappa shape index (κ1) is 14.6. The van der Waals surface area contributed by atoms with Crippen molar-refractivity contribution in [1.82, 2.24) is 0 Å². The molecule has 0 saturated heterocycles. The standard InChI is InChI=1S/C15H25N3/c1-5-13(6-2)10-17-15(16)18-14-8-7-11(3)12(4)9-14/h7-9,13H,5-6,10H2,1-4H3,(H3,16,17,18). The minimum Gasteiger partial charge on any atom is -0.370 e. The smallest absolute Gasteiger partial charge is 0.193 e. The van der Waals surface area contributed by atoms with Crippen molar-refractivity contribution in [2.45, 2.75) is 40.5 Å². The zero-order valence-corrected chi connectivity index (χ0v) is 12.0. The fourth-order valence-corrected chi connectivity index (χ4v) is 1.78. The van der Waals surface area contributed by atoms with Crippen molar-refractivity contribution in [2.24, 2.45) is 16.6 Å². The molecule has 0 heterocycles. The van der Waals surface area contributed by atoms with Crippen LogP contribution in [0.4, 0.5) is 5.69 Å². The van der Waals surface area contributed by atoms with Gasteiger partial charge in [-0.1, -0.05) is 32.8 Å². The van der Waals surface area contributed by atoms with Gasteiger partial charge in [-0.25, -0.2) is 0 Å². The lowest BCUT2D eigenvalue weighted by molar-refractivity contribution is 0.506. The Morgan fingerprint density at radius 3 is 2.44 bits per heavy atom. The van der Waals surface area contributed by atoms with E-state index in [1.165, 1.54) is 11.1 Å². The fraction of sp³-hybridized carbons (Fsp3) is 0.533. The quantitative estimate of drug-likeness (QED) is 0.618. The summed E-state index contributed by atoms with van der Waals surface area (Å²) < 4.78 is 0. The summed E-state index contributed by atoms with van der Waals surface area (Å²) in [5, 5.41) is 3.14. The highest BCUT2D eigenvalue weighted by molar-refractivity contribution is 5.92. The predicted molar refractivity (Wildman–Crippen MR) is 80.1 cm³/mol. The van der Waals surface area contributed by atoms with Crippen LogP contribution in [0.1, 0.15) is 37.8 Å². The van der Waals surface area contributed by atoms with Crippen LogP contribution >= 0.6 is 0 Å². The molecule has 0 aliphatic carbocycles. The number of benzene rings is 1. The SMILES string of the molecule is CCC(CC)CN=C(N)Nc1ccc(C)c(C)c1. The Morgan fingerprint density at radius 2 is 1.89 bits per heavy atom. The van der Waals surface area contributed by atoms with Crippen molar-refractivity contribution >= 4 is 11.6 Å². The van der Waals surface area contributed by atoms with Crippen molar-refractivity contribution in [2.75, 3.05) is 11.9 Å². The zero-order chi connectivity index (χ0) is 13.5. The highest BCUT2D eigenvalue weighted by Crippen LogP contribution is 2.14. The molecular weight excluding hydrogens is 222 g/mol. The second-order valence-corrected chi connectivity index (χ2v) is 4.83. The third-order valence-corrected chi connectivity index (χ3v) is 3.45. The van der Waals surface area contributed by atoms with Gasteiger partial charge in [-0.15, -0.1) is 0 Å². The van der Waals surface area contributed by atoms with Gasteiger partial charge < -0.3 is 11.1 Å². The number of hydrogen-bond donors (Lipinski definition) is 2. The lowest BCUT2D eigenvalue weighted by atomic mass is 10.0. The second kappa shape index (κ2) is 7.04. The van der Waals surface area contributed by atoms with E-state index in [0.29, 0.717) is 11.9 Å². The maximum Gasteiger partial charge on any atom is 0.193 e. The molecular formula is C15H25N3. The van der Waals surface area contributed by atoms with Crippen molar-refractivity contribution in [3.63, 3.8) is 0 Å². The van der Waals surface area contributed by atoms with E-state index in [2.05, 4.69) is 50.1 Å². The Labute approximate surface area is 111 Å². The Kier molecular flexibility index (Phi) is 5.69. The number of aryl methyl sites for hydroxylation is 2. The van der Waals surface area contributed by atoms with Crippen LogP contribution in [0.5, 0.6) is 0 Å². The monoisotopic (exact) mass is 247 g/mol. The van der Waals surface area contributed by atoms with Gasteiger partial charge in [0.05, 0.1) is 0 Å². The molecule has 1 aromatic carbocycles. The van der Waals surface area contributed by atoms with Gasteiger partial charge in [-0.2, -0.15) is 0 Å². The lowest BCUT2D eigenvalue weighted by Crippen LogP contribution is -2.23. The van der Waals surface area contributed by atoms with Crippen LogP contribution in [-0.4, -0.2) is 12.5 Å². The minimum atomic E-state index is 0.505. The van der Waals surface area contributed by atoms with E-state index in [9.17, 15) is 0 Å². The molecule has 0 aliphatic rings. The number of aliphatic imine (C=N–C) groups is 1. The summed E-state index contributed by atoms with van der Waals surface area (Å²) in [4.78, 5) is 4.40. The number of nitrogens with one attached hydrogen (secondary N) is 1. The van der Waals surface area contributed by atoms with E-state index in [1.54, 1.807) is 0 Å². The summed E-state index contributed by atoms with van der Waals surface area (Å²) in [5.74, 6) is 1.13. The molecule has 3 heteroatoms. The predicted octanol–water partition coefficient (Wildman–Crippen LogP) is 3.47.